The van der Waals surface area contributed by atoms with Crippen LogP contribution in [0.25, 0.3) is 10.8 Å². The largest absolute Gasteiger partial charge is 0.507 e. The molecule has 0 aliphatic carbocycles. The maximum atomic E-state index is 9.97. The second-order valence-electron chi connectivity index (χ2n) is 4.45. The molecule has 110 valence electrons. The molecule has 8 nitrogen and oxygen atoms in total. The van der Waals surface area contributed by atoms with Crippen LogP contribution in [-0.4, -0.2) is 27.5 Å². The van der Waals surface area contributed by atoms with Gasteiger partial charge < -0.3 is 16.6 Å². The van der Waals surface area contributed by atoms with Crippen molar-refractivity contribution in [3.63, 3.8) is 0 Å². The minimum Gasteiger partial charge on any atom is -0.507 e. The number of amidine groups is 1. The number of benzene rings is 2. The molecule has 0 saturated heterocycles. The lowest BCUT2D eigenvalue weighted by Gasteiger charge is -2.03. The summed E-state index contributed by atoms with van der Waals surface area (Å²) < 4.78 is 4.43. The van der Waals surface area contributed by atoms with Crippen molar-refractivity contribution < 1.29 is 9.74 Å². The number of phenols is 1. The zero-order valence-corrected chi connectivity index (χ0v) is 11.3. The van der Waals surface area contributed by atoms with Gasteiger partial charge in [0.05, 0.1) is 6.21 Å². The van der Waals surface area contributed by atoms with Crippen molar-refractivity contribution in [3.8, 4) is 5.75 Å². The van der Waals surface area contributed by atoms with E-state index in [1.807, 2.05) is 30.3 Å². The van der Waals surface area contributed by atoms with E-state index in [1.54, 1.807) is 6.07 Å². The van der Waals surface area contributed by atoms with Crippen molar-refractivity contribution in [1.29, 1.82) is 0 Å². The molecule has 0 radical (unpaired) electrons. The molecular formula is C14H12N6O2. The lowest BCUT2D eigenvalue weighted by atomic mass is 10.0. The SMILES string of the molecule is N/C(=N\N=Cc1c(O)ccc2ccccc12)c1nonc1N. The number of fused-ring (bicyclic) bond motifs is 1. The molecule has 0 unspecified atom stereocenters. The van der Waals surface area contributed by atoms with Crippen LogP contribution in [-0.2, 0) is 0 Å². The van der Waals surface area contributed by atoms with E-state index in [0.717, 1.165) is 10.8 Å². The molecule has 0 bridgehead atoms. The molecule has 8 heteroatoms. The van der Waals surface area contributed by atoms with Crippen LogP contribution in [0.15, 0.2) is 51.2 Å². The molecule has 0 saturated carbocycles. The number of hydrogen-bond donors (Lipinski definition) is 3. The van der Waals surface area contributed by atoms with Gasteiger partial charge in [-0.25, -0.2) is 4.63 Å². The van der Waals surface area contributed by atoms with Gasteiger partial charge in [0.15, 0.2) is 17.3 Å². The summed E-state index contributed by atoms with van der Waals surface area (Å²) in [5.74, 6) is 0.0954. The second kappa shape index (κ2) is 5.52. The van der Waals surface area contributed by atoms with E-state index in [2.05, 4.69) is 25.1 Å². The predicted molar refractivity (Wildman–Crippen MR) is 82.6 cm³/mol. The number of aromatic nitrogens is 2. The zero-order valence-electron chi connectivity index (χ0n) is 11.3. The summed E-state index contributed by atoms with van der Waals surface area (Å²) in [5.41, 5.74) is 11.9. The highest BCUT2D eigenvalue weighted by molar-refractivity contribution is 6.03. The summed E-state index contributed by atoms with van der Waals surface area (Å²) in [6.45, 7) is 0. The van der Waals surface area contributed by atoms with Crippen LogP contribution in [0.5, 0.6) is 5.75 Å². The highest BCUT2D eigenvalue weighted by Crippen LogP contribution is 2.25. The number of hydrogen-bond acceptors (Lipinski definition) is 7. The highest BCUT2D eigenvalue weighted by Gasteiger charge is 2.10. The first-order valence-corrected chi connectivity index (χ1v) is 6.32. The first kappa shape index (κ1) is 13.6. The van der Waals surface area contributed by atoms with Crippen LogP contribution in [0.3, 0.4) is 0 Å². The van der Waals surface area contributed by atoms with Gasteiger partial charge in [0.2, 0.25) is 0 Å². The summed E-state index contributed by atoms with van der Waals surface area (Å²) in [7, 11) is 0. The normalized spacial score (nSPS) is 12.3. The Morgan fingerprint density at radius 3 is 2.77 bits per heavy atom. The number of nitrogen functional groups attached to an aromatic ring is 1. The Morgan fingerprint density at radius 2 is 2.00 bits per heavy atom. The number of phenolic OH excluding ortho intramolecular Hbond substituents is 1. The van der Waals surface area contributed by atoms with Gasteiger partial charge in [-0.15, -0.1) is 5.10 Å². The molecule has 0 aliphatic heterocycles. The Bertz CT molecular complexity index is 884. The number of aromatic hydroxyl groups is 1. The molecule has 0 fully saturated rings. The van der Waals surface area contributed by atoms with Crippen molar-refractivity contribution in [2.75, 3.05) is 5.73 Å². The van der Waals surface area contributed by atoms with Crippen LogP contribution in [0, 0.1) is 0 Å². The van der Waals surface area contributed by atoms with E-state index in [9.17, 15) is 5.11 Å². The fourth-order valence-corrected chi connectivity index (χ4v) is 1.99. The van der Waals surface area contributed by atoms with Gasteiger partial charge in [0.1, 0.15) is 5.75 Å². The van der Waals surface area contributed by atoms with Gasteiger partial charge >= 0.3 is 0 Å². The molecule has 3 rings (SSSR count). The molecule has 1 heterocycles. The minimum atomic E-state index is -0.0327. The zero-order chi connectivity index (χ0) is 15.5. The van der Waals surface area contributed by atoms with E-state index < -0.39 is 0 Å². The molecule has 2 aromatic carbocycles. The van der Waals surface area contributed by atoms with E-state index in [-0.39, 0.29) is 23.1 Å². The lowest BCUT2D eigenvalue weighted by molar-refractivity contribution is 0.308. The Morgan fingerprint density at radius 1 is 1.18 bits per heavy atom. The van der Waals surface area contributed by atoms with Crippen LogP contribution >= 0.6 is 0 Å². The Hall–Kier alpha value is -3.42. The van der Waals surface area contributed by atoms with Gasteiger partial charge in [-0.05, 0) is 27.2 Å². The topological polar surface area (TPSA) is 136 Å². The molecule has 22 heavy (non-hydrogen) atoms. The molecular weight excluding hydrogens is 284 g/mol. The first-order chi connectivity index (χ1) is 10.7. The predicted octanol–water partition coefficient (Wildman–Crippen LogP) is 1.25. The quantitative estimate of drug-likeness (QED) is 0.378. The fourth-order valence-electron chi connectivity index (χ4n) is 1.99. The van der Waals surface area contributed by atoms with E-state index >= 15 is 0 Å². The smallest absolute Gasteiger partial charge is 0.199 e. The third kappa shape index (κ3) is 2.44. The second-order valence-corrected chi connectivity index (χ2v) is 4.45. The standard InChI is InChI=1S/C14H12N6O2/c15-13(12-14(16)20-22-19-12)18-17-7-10-9-4-2-1-3-8(9)5-6-11(10)21/h1-7,21H,(H2,15,18)(H2,16,20). The van der Waals surface area contributed by atoms with Gasteiger partial charge in [-0.3, -0.25) is 0 Å². The van der Waals surface area contributed by atoms with Crippen molar-refractivity contribution >= 4 is 28.6 Å². The van der Waals surface area contributed by atoms with Crippen LogP contribution in [0.1, 0.15) is 11.3 Å². The average molecular weight is 296 g/mol. The summed E-state index contributed by atoms with van der Waals surface area (Å²) in [6, 6.07) is 11.0. The molecule has 0 spiro atoms. The summed E-state index contributed by atoms with van der Waals surface area (Å²) in [5, 5.41) is 26.4. The first-order valence-electron chi connectivity index (χ1n) is 6.32. The molecule has 0 amide bonds. The molecule has 0 aliphatic rings. The molecule has 1 aromatic heterocycles. The van der Waals surface area contributed by atoms with E-state index in [4.69, 9.17) is 11.5 Å². The highest BCUT2D eigenvalue weighted by atomic mass is 16.6. The van der Waals surface area contributed by atoms with Gasteiger partial charge in [-0.2, -0.15) is 5.10 Å². The summed E-state index contributed by atoms with van der Waals surface area (Å²) in [4.78, 5) is 0. The average Bonchev–Trinajstić information content (AvgIpc) is 2.95. The number of nitrogens with two attached hydrogens (primary N) is 2. The molecule has 0 atom stereocenters. The lowest BCUT2D eigenvalue weighted by Crippen LogP contribution is -2.15. The molecule has 5 N–H and O–H groups in total. The monoisotopic (exact) mass is 296 g/mol. The van der Waals surface area contributed by atoms with Gasteiger partial charge in [-0.1, -0.05) is 30.3 Å². The maximum absolute atomic E-state index is 9.97. The Balaban J connectivity index is 1.96. The fraction of sp³-hybridized carbons (Fsp3) is 0. The Labute approximate surface area is 124 Å². The van der Waals surface area contributed by atoms with Crippen molar-refractivity contribution in [2.45, 2.75) is 0 Å². The van der Waals surface area contributed by atoms with Crippen LogP contribution in [0.2, 0.25) is 0 Å². The van der Waals surface area contributed by atoms with Crippen molar-refractivity contribution in [2.24, 2.45) is 15.9 Å². The summed E-state index contributed by atoms with van der Waals surface area (Å²) in [6.07, 6.45) is 1.41. The van der Waals surface area contributed by atoms with Crippen LogP contribution in [0.4, 0.5) is 5.82 Å². The molecule has 3 aromatic rings. The Kier molecular flexibility index (Phi) is 3.40. The third-order valence-corrected chi connectivity index (χ3v) is 3.06. The maximum Gasteiger partial charge on any atom is 0.199 e. The van der Waals surface area contributed by atoms with Crippen molar-refractivity contribution in [3.05, 3.63) is 47.7 Å². The van der Waals surface area contributed by atoms with E-state index in [1.165, 1.54) is 6.21 Å². The van der Waals surface area contributed by atoms with Gasteiger partial charge in [0.25, 0.3) is 0 Å². The number of rotatable bonds is 3. The number of anilines is 1. The number of nitrogens with zero attached hydrogens (tertiary/aromatic N) is 4. The minimum absolute atomic E-state index is 0.0319. The summed E-state index contributed by atoms with van der Waals surface area (Å²) >= 11 is 0. The van der Waals surface area contributed by atoms with E-state index in [0.29, 0.717) is 5.56 Å². The van der Waals surface area contributed by atoms with Crippen LogP contribution < -0.4 is 11.5 Å². The van der Waals surface area contributed by atoms with Gasteiger partial charge in [0, 0.05) is 5.56 Å². The third-order valence-electron chi connectivity index (χ3n) is 3.06. The van der Waals surface area contributed by atoms with Crippen molar-refractivity contribution in [1.82, 2.24) is 10.3 Å².